The summed E-state index contributed by atoms with van der Waals surface area (Å²) in [7, 11) is -5.89. The number of halogens is 2. The summed E-state index contributed by atoms with van der Waals surface area (Å²) in [5.74, 6) is -3.34. The van der Waals surface area contributed by atoms with Gasteiger partial charge < -0.3 is 9.47 Å². The van der Waals surface area contributed by atoms with Crippen LogP contribution in [0.1, 0.15) is 0 Å². The minimum atomic E-state index is -5.89. The van der Waals surface area contributed by atoms with Gasteiger partial charge in [-0.2, -0.15) is 17.2 Å². The Balaban J connectivity index is 4.21. The lowest BCUT2D eigenvalue weighted by molar-refractivity contribution is -0.164. The van der Waals surface area contributed by atoms with E-state index in [1.165, 1.54) is 0 Å². The molecule has 0 aromatic rings. The molecule has 0 rings (SSSR count). The molecule has 0 amide bonds. The van der Waals surface area contributed by atoms with Crippen LogP contribution in [0.3, 0.4) is 0 Å². The lowest BCUT2D eigenvalue weighted by Gasteiger charge is -2.11. The van der Waals surface area contributed by atoms with Crippen LogP contribution in [0.2, 0.25) is 0 Å². The van der Waals surface area contributed by atoms with Crippen LogP contribution in [0, 0.1) is 0 Å². The van der Waals surface area contributed by atoms with Crippen molar-refractivity contribution >= 4 is 22.1 Å². The normalized spacial score (nSPS) is 11.7. The van der Waals surface area contributed by atoms with Crippen LogP contribution in [-0.4, -0.2) is 43.4 Å². The minimum absolute atomic E-state index is 0.557. The Morgan fingerprint density at radius 2 is 1.76 bits per heavy atom. The highest BCUT2D eigenvalue weighted by Gasteiger charge is 2.54. The fourth-order valence-electron chi connectivity index (χ4n) is 0.525. The van der Waals surface area contributed by atoms with Crippen molar-refractivity contribution in [2.75, 3.05) is 13.2 Å². The Kier molecular flexibility index (Phi) is 5.16. The summed E-state index contributed by atoms with van der Waals surface area (Å²) in [6.07, 6.45) is 0.786. The molecular weight excluding hydrogens is 266 g/mol. The Morgan fingerprint density at radius 3 is 2.18 bits per heavy atom. The number of alkyl halides is 2. The molecule has 0 aromatic heterocycles. The Labute approximate surface area is 94.7 Å². The number of ether oxygens (including phenoxy) is 2. The zero-order valence-corrected chi connectivity index (χ0v) is 9.08. The number of hydrogen-bond donors (Lipinski definition) is 1. The predicted molar refractivity (Wildman–Crippen MR) is 48.6 cm³/mol. The summed E-state index contributed by atoms with van der Waals surface area (Å²) in [4.78, 5) is 21.0. The van der Waals surface area contributed by atoms with E-state index in [9.17, 15) is 26.8 Å². The first kappa shape index (κ1) is 15.4. The third-order valence-corrected chi connectivity index (χ3v) is 2.10. The SMILES string of the molecule is C=CC(=O)OCCOC(=O)C(F)(F)S(=O)(=O)O. The second-order valence-corrected chi connectivity index (χ2v) is 3.96. The molecule has 0 aliphatic rings. The Bertz CT molecular complexity index is 414. The smallest absolute Gasteiger partial charge is 0.459 e. The quantitative estimate of drug-likeness (QED) is 0.307. The molecule has 7 nitrogen and oxygen atoms in total. The monoisotopic (exact) mass is 274 g/mol. The molecule has 0 heterocycles. The average Bonchev–Trinajstić information content (AvgIpc) is 2.21. The van der Waals surface area contributed by atoms with E-state index in [0.717, 1.165) is 6.08 Å². The van der Waals surface area contributed by atoms with Gasteiger partial charge in [0.2, 0.25) is 0 Å². The first-order valence-electron chi connectivity index (χ1n) is 3.94. The fourth-order valence-corrected chi connectivity index (χ4v) is 0.794. The molecule has 10 heteroatoms. The van der Waals surface area contributed by atoms with Crippen molar-refractivity contribution in [1.29, 1.82) is 0 Å². The molecule has 0 atom stereocenters. The summed E-state index contributed by atoms with van der Waals surface area (Å²) < 4.78 is 61.3. The fraction of sp³-hybridized carbons (Fsp3) is 0.429. The zero-order valence-electron chi connectivity index (χ0n) is 8.26. The van der Waals surface area contributed by atoms with Crippen LogP contribution in [0.5, 0.6) is 0 Å². The number of hydrogen-bond acceptors (Lipinski definition) is 6. The lowest BCUT2D eigenvalue weighted by Crippen LogP contribution is -2.39. The molecule has 0 spiro atoms. The topological polar surface area (TPSA) is 107 Å². The average molecular weight is 274 g/mol. The lowest BCUT2D eigenvalue weighted by atomic mass is 10.6. The van der Waals surface area contributed by atoms with Crippen molar-refractivity contribution in [2.45, 2.75) is 5.25 Å². The molecule has 17 heavy (non-hydrogen) atoms. The molecule has 0 fully saturated rings. The number of rotatable bonds is 6. The summed E-state index contributed by atoms with van der Waals surface area (Å²) in [6.45, 7) is 1.69. The van der Waals surface area contributed by atoms with Crippen LogP contribution in [0.25, 0.3) is 0 Å². The van der Waals surface area contributed by atoms with Crippen LogP contribution >= 0.6 is 0 Å². The molecule has 0 unspecified atom stereocenters. The molecule has 0 bridgehead atoms. The van der Waals surface area contributed by atoms with Gasteiger partial charge in [0, 0.05) is 6.08 Å². The molecule has 0 aliphatic heterocycles. The number of carbonyl (C=O) groups is 2. The van der Waals surface area contributed by atoms with E-state index in [0.29, 0.717) is 0 Å². The van der Waals surface area contributed by atoms with Crippen LogP contribution in [0.15, 0.2) is 12.7 Å². The van der Waals surface area contributed by atoms with Crippen molar-refractivity contribution in [3.8, 4) is 0 Å². The third-order valence-electron chi connectivity index (χ3n) is 1.29. The van der Waals surface area contributed by atoms with Crippen molar-refractivity contribution in [1.82, 2.24) is 0 Å². The first-order chi connectivity index (χ1) is 7.63. The summed E-state index contributed by atoms with van der Waals surface area (Å²) >= 11 is 0. The molecule has 0 radical (unpaired) electrons. The van der Waals surface area contributed by atoms with Crippen molar-refractivity contribution < 1.29 is 40.8 Å². The minimum Gasteiger partial charge on any atom is -0.459 e. The van der Waals surface area contributed by atoms with E-state index in [4.69, 9.17) is 4.55 Å². The second-order valence-electron chi connectivity index (χ2n) is 2.50. The van der Waals surface area contributed by atoms with Crippen molar-refractivity contribution in [3.05, 3.63) is 12.7 Å². The molecular formula is C7H8F2O7S. The van der Waals surface area contributed by atoms with E-state index in [2.05, 4.69) is 16.1 Å². The molecule has 1 N–H and O–H groups in total. The van der Waals surface area contributed by atoms with E-state index >= 15 is 0 Å². The first-order valence-corrected chi connectivity index (χ1v) is 5.38. The molecule has 98 valence electrons. The van der Waals surface area contributed by atoms with Gasteiger partial charge in [-0.25, -0.2) is 9.59 Å². The summed E-state index contributed by atoms with van der Waals surface area (Å²) in [6, 6.07) is 0. The third kappa shape index (κ3) is 4.44. The molecule has 0 saturated heterocycles. The maximum absolute atomic E-state index is 12.5. The summed E-state index contributed by atoms with van der Waals surface area (Å²) in [5, 5.41) is -5.06. The van der Waals surface area contributed by atoms with Gasteiger partial charge in [-0.1, -0.05) is 6.58 Å². The van der Waals surface area contributed by atoms with Crippen molar-refractivity contribution in [3.63, 3.8) is 0 Å². The Hall–Kier alpha value is -1.55. The second kappa shape index (κ2) is 5.68. The van der Waals surface area contributed by atoms with Gasteiger partial charge in [0.25, 0.3) is 0 Å². The van der Waals surface area contributed by atoms with Gasteiger partial charge in [-0.3, -0.25) is 4.55 Å². The van der Waals surface area contributed by atoms with Crippen LogP contribution in [-0.2, 0) is 29.2 Å². The van der Waals surface area contributed by atoms with E-state index in [1.807, 2.05) is 0 Å². The van der Waals surface area contributed by atoms with Crippen molar-refractivity contribution in [2.24, 2.45) is 0 Å². The maximum atomic E-state index is 12.5. The maximum Gasteiger partial charge on any atom is 0.465 e. The molecule has 0 saturated carbocycles. The molecule has 0 aliphatic carbocycles. The van der Waals surface area contributed by atoms with Gasteiger partial charge >= 0.3 is 27.3 Å². The van der Waals surface area contributed by atoms with Crippen LogP contribution in [0.4, 0.5) is 8.78 Å². The van der Waals surface area contributed by atoms with Crippen LogP contribution < -0.4 is 0 Å². The predicted octanol–water partition coefficient (Wildman–Crippen LogP) is -0.261. The zero-order chi connectivity index (χ0) is 13.7. The number of esters is 2. The highest BCUT2D eigenvalue weighted by molar-refractivity contribution is 7.87. The van der Waals surface area contributed by atoms with Gasteiger partial charge in [-0.15, -0.1) is 0 Å². The van der Waals surface area contributed by atoms with E-state index in [-0.39, 0.29) is 0 Å². The van der Waals surface area contributed by atoms with Gasteiger partial charge in [0.1, 0.15) is 13.2 Å². The van der Waals surface area contributed by atoms with Gasteiger partial charge in [0.05, 0.1) is 0 Å². The summed E-state index contributed by atoms with van der Waals surface area (Å²) in [5.41, 5.74) is 0. The van der Waals surface area contributed by atoms with Gasteiger partial charge in [-0.05, 0) is 0 Å². The largest absolute Gasteiger partial charge is 0.465 e. The number of carbonyl (C=O) groups excluding carboxylic acids is 2. The van der Waals surface area contributed by atoms with Gasteiger partial charge in [0.15, 0.2) is 0 Å². The highest BCUT2D eigenvalue weighted by atomic mass is 32.2. The van der Waals surface area contributed by atoms with E-state index < -0.39 is 40.5 Å². The Morgan fingerprint density at radius 1 is 1.29 bits per heavy atom. The molecule has 0 aromatic carbocycles. The van der Waals surface area contributed by atoms with E-state index in [1.54, 1.807) is 0 Å². The highest BCUT2D eigenvalue weighted by Crippen LogP contribution is 2.21. The standard InChI is InChI=1S/C7H8F2O7S/c1-2-5(10)15-3-4-16-6(11)7(8,9)17(12,13)14/h2H,1,3-4H2,(H,12,13,14).